The van der Waals surface area contributed by atoms with Gasteiger partial charge in [-0.3, -0.25) is 30.8 Å². The zero-order chi connectivity index (χ0) is 34.7. The topological polar surface area (TPSA) is 256 Å². The Hall–Kier alpha value is -4.49. The highest BCUT2D eigenvalue weighted by Crippen LogP contribution is 2.44. The quantitative estimate of drug-likeness (QED) is 0.0967. The van der Waals surface area contributed by atoms with Gasteiger partial charge in [0, 0.05) is 34.4 Å². The number of ketones is 2. The molecule has 0 bridgehead atoms. The van der Waals surface area contributed by atoms with Gasteiger partial charge in [-0.2, -0.15) is 0 Å². The van der Waals surface area contributed by atoms with Crippen LogP contribution >= 0.6 is 0 Å². The number of para-hydroxylation sites is 1. The Morgan fingerprint density at radius 1 is 0.918 bits per heavy atom. The third kappa shape index (κ3) is 5.52. The van der Waals surface area contributed by atoms with Gasteiger partial charge >= 0.3 is 0 Å². The monoisotopic (exact) mass is 677 g/mol. The summed E-state index contributed by atoms with van der Waals surface area (Å²) >= 11 is 0. The maximum atomic E-state index is 13.8. The third-order valence-electron chi connectivity index (χ3n) is 9.39. The number of hydrogen-bond acceptors (Lipinski definition) is 15. The minimum atomic E-state index is -1.85. The van der Waals surface area contributed by atoms with Gasteiger partial charge in [-0.15, -0.1) is 0 Å². The molecule has 0 saturated carbocycles. The molecule has 3 fully saturated rings. The molecule has 11 N–H and O–H groups in total. The Labute approximate surface area is 278 Å². The number of fused-ring (bicyclic) bond motifs is 3. The first-order valence-corrected chi connectivity index (χ1v) is 15.6. The highest BCUT2D eigenvalue weighted by molar-refractivity contribution is 6.29. The summed E-state index contributed by atoms with van der Waals surface area (Å²) in [6.07, 6.45) is -9.72. The number of carbonyl (C=O) groups is 3. The second-order valence-corrected chi connectivity index (χ2v) is 12.4. The lowest BCUT2D eigenvalue weighted by Crippen LogP contribution is -2.70. The number of nitrogens with two attached hydrogens (primary N) is 1. The molecule has 258 valence electrons. The summed E-state index contributed by atoms with van der Waals surface area (Å²) in [6.45, 7) is -0.861. The SMILES string of the molecule is NC1NC(=O)C2NCN(c3ccccc3Cc3cc4c(c(O)c3OC3OC(CO)C(O)C(O)C3O)C(=O)c3cc(CO)ccc3C4=O)C2N1. The number of hydrogen-bond donors (Lipinski definition) is 10. The Morgan fingerprint density at radius 2 is 1.69 bits per heavy atom. The van der Waals surface area contributed by atoms with Crippen molar-refractivity contribution in [1.29, 1.82) is 0 Å². The minimum Gasteiger partial charge on any atom is -0.504 e. The summed E-state index contributed by atoms with van der Waals surface area (Å²) in [5, 5.41) is 71.6. The van der Waals surface area contributed by atoms with Gasteiger partial charge in [0.05, 0.1) is 25.4 Å². The third-order valence-corrected chi connectivity index (χ3v) is 9.39. The van der Waals surface area contributed by atoms with Gasteiger partial charge in [0.25, 0.3) is 0 Å². The van der Waals surface area contributed by atoms with E-state index >= 15 is 0 Å². The van der Waals surface area contributed by atoms with E-state index in [1.165, 1.54) is 24.3 Å². The standard InChI is InChI=1S/C33H35N5O11/c34-33-36-30-22(31(47)37-33)35-12-38(30)19-4-2-1-3-14(19)8-15-9-18-21(24(42)17-7-13(10-39)5-6-16(17)23(18)41)26(44)29(15)49-32-28(46)27(45)25(43)20(11-40)48-32/h1-7,9,20,22,25,27-28,30,32-33,35-36,39-40,43-46H,8,10-12,34H2,(H,37,47). The number of carbonyl (C=O) groups excluding carboxylic acids is 3. The Morgan fingerprint density at radius 3 is 2.45 bits per heavy atom. The van der Waals surface area contributed by atoms with Gasteiger partial charge in [0.1, 0.15) is 42.9 Å². The second kappa shape index (κ2) is 12.8. The molecule has 3 aromatic carbocycles. The molecule has 3 heterocycles. The number of anilines is 1. The first kappa shape index (κ1) is 33.0. The number of nitrogens with one attached hydrogen (secondary N) is 3. The maximum absolute atomic E-state index is 13.8. The molecule has 49 heavy (non-hydrogen) atoms. The van der Waals surface area contributed by atoms with Crippen LogP contribution in [0.25, 0.3) is 0 Å². The summed E-state index contributed by atoms with van der Waals surface area (Å²) in [6, 6.07) is 12.3. The van der Waals surface area contributed by atoms with Crippen LogP contribution in [0.1, 0.15) is 48.5 Å². The number of nitrogens with zero attached hydrogens (tertiary/aromatic N) is 1. The van der Waals surface area contributed by atoms with E-state index in [4.69, 9.17) is 15.2 Å². The van der Waals surface area contributed by atoms with Gasteiger partial charge in [-0.05, 0) is 35.4 Å². The number of rotatable bonds is 7. The van der Waals surface area contributed by atoms with E-state index in [-0.39, 0.29) is 52.6 Å². The number of amides is 1. The molecule has 7 rings (SSSR count). The van der Waals surface area contributed by atoms with E-state index in [9.17, 15) is 45.0 Å². The molecule has 4 aliphatic rings. The molecule has 3 saturated heterocycles. The van der Waals surface area contributed by atoms with E-state index < -0.39 is 79.7 Å². The normalized spacial score (nSPS) is 29.3. The van der Waals surface area contributed by atoms with Crippen LogP contribution in [-0.4, -0.2) is 111 Å². The Kier molecular flexibility index (Phi) is 8.60. The summed E-state index contributed by atoms with van der Waals surface area (Å²) in [5.74, 6) is -2.64. The summed E-state index contributed by atoms with van der Waals surface area (Å²) in [4.78, 5) is 42.2. The highest BCUT2D eigenvalue weighted by atomic mass is 16.7. The van der Waals surface area contributed by atoms with E-state index in [0.717, 1.165) is 0 Å². The van der Waals surface area contributed by atoms with Crippen molar-refractivity contribution in [2.45, 2.75) is 62.2 Å². The molecule has 0 aromatic heterocycles. The number of phenols is 1. The van der Waals surface area contributed by atoms with Crippen molar-refractivity contribution in [1.82, 2.24) is 16.0 Å². The fourth-order valence-corrected chi connectivity index (χ4v) is 6.87. The first-order valence-electron chi connectivity index (χ1n) is 15.6. The van der Waals surface area contributed by atoms with Crippen molar-refractivity contribution < 1.29 is 54.5 Å². The minimum absolute atomic E-state index is 0.0202. The van der Waals surface area contributed by atoms with Crippen molar-refractivity contribution in [2.24, 2.45) is 5.73 Å². The van der Waals surface area contributed by atoms with Gasteiger partial charge < -0.3 is 50.3 Å². The molecular formula is C33H35N5O11. The summed E-state index contributed by atoms with van der Waals surface area (Å²) in [5.41, 5.74) is 7.43. The zero-order valence-electron chi connectivity index (χ0n) is 25.8. The predicted octanol–water partition coefficient (Wildman–Crippen LogP) is -2.55. The smallest absolute Gasteiger partial charge is 0.242 e. The van der Waals surface area contributed by atoms with Crippen molar-refractivity contribution in [3.05, 3.63) is 87.5 Å². The van der Waals surface area contributed by atoms with Crippen molar-refractivity contribution in [2.75, 3.05) is 18.2 Å². The van der Waals surface area contributed by atoms with Crippen LogP contribution in [0.15, 0.2) is 48.5 Å². The molecule has 3 aliphatic heterocycles. The number of aliphatic hydroxyl groups is 5. The molecule has 8 atom stereocenters. The van der Waals surface area contributed by atoms with E-state index in [1.807, 2.05) is 11.0 Å². The fraction of sp³-hybridized carbons (Fsp3) is 0.364. The van der Waals surface area contributed by atoms with E-state index in [1.54, 1.807) is 18.2 Å². The maximum Gasteiger partial charge on any atom is 0.242 e. The number of aliphatic hydroxyl groups excluding tert-OH is 5. The van der Waals surface area contributed by atoms with Crippen LogP contribution in [0.3, 0.4) is 0 Å². The number of aromatic hydroxyl groups is 1. The fourth-order valence-electron chi connectivity index (χ4n) is 6.87. The van der Waals surface area contributed by atoms with Crippen LogP contribution in [0, 0.1) is 0 Å². The molecule has 0 radical (unpaired) electrons. The van der Waals surface area contributed by atoms with Crippen LogP contribution in [-0.2, 0) is 22.6 Å². The molecule has 1 aliphatic carbocycles. The lowest BCUT2D eigenvalue weighted by Gasteiger charge is -2.40. The molecule has 16 nitrogen and oxygen atoms in total. The largest absolute Gasteiger partial charge is 0.504 e. The molecular weight excluding hydrogens is 642 g/mol. The van der Waals surface area contributed by atoms with Crippen LogP contribution in [0.5, 0.6) is 11.5 Å². The zero-order valence-corrected chi connectivity index (χ0v) is 25.8. The molecule has 0 spiro atoms. The molecule has 3 aromatic rings. The first-order chi connectivity index (χ1) is 23.5. The van der Waals surface area contributed by atoms with Crippen LogP contribution in [0.4, 0.5) is 5.69 Å². The molecule has 16 heteroatoms. The number of phenolic OH excluding ortho intramolecular Hbond substituents is 1. The summed E-state index contributed by atoms with van der Waals surface area (Å²) in [7, 11) is 0. The average molecular weight is 678 g/mol. The highest BCUT2D eigenvalue weighted by Gasteiger charge is 2.46. The lowest BCUT2D eigenvalue weighted by atomic mass is 9.81. The van der Waals surface area contributed by atoms with E-state index in [2.05, 4.69) is 16.0 Å². The Bertz CT molecular complexity index is 1840. The number of ether oxygens (including phenoxy) is 2. The second-order valence-electron chi connectivity index (χ2n) is 12.4. The molecule has 1 amide bonds. The van der Waals surface area contributed by atoms with Gasteiger partial charge in [0.2, 0.25) is 12.2 Å². The van der Waals surface area contributed by atoms with Gasteiger partial charge in [-0.1, -0.05) is 24.3 Å². The van der Waals surface area contributed by atoms with Crippen molar-refractivity contribution >= 4 is 23.2 Å². The van der Waals surface area contributed by atoms with Crippen LogP contribution < -0.4 is 31.3 Å². The van der Waals surface area contributed by atoms with Crippen molar-refractivity contribution in [3.63, 3.8) is 0 Å². The van der Waals surface area contributed by atoms with Crippen molar-refractivity contribution in [3.8, 4) is 11.5 Å². The lowest BCUT2D eigenvalue weighted by molar-refractivity contribution is -0.277. The van der Waals surface area contributed by atoms with Gasteiger partial charge in [0.15, 0.2) is 23.1 Å². The number of benzene rings is 3. The van der Waals surface area contributed by atoms with Crippen LogP contribution in [0.2, 0.25) is 0 Å². The summed E-state index contributed by atoms with van der Waals surface area (Å²) < 4.78 is 11.6. The average Bonchev–Trinajstić information content (AvgIpc) is 3.52. The molecule has 8 unspecified atom stereocenters. The Balaban J connectivity index is 1.33. The predicted molar refractivity (Wildman–Crippen MR) is 168 cm³/mol. The van der Waals surface area contributed by atoms with E-state index in [0.29, 0.717) is 16.8 Å². The van der Waals surface area contributed by atoms with Gasteiger partial charge in [-0.25, -0.2) is 0 Å².